The van der Waals surface area contributed by atoms with Crippen molar-refractivity contribution in [3.8, 4) is 11.5 Å². The van der Waals surface area contributed by atoms with Crippen LogP contribution >= 0.6 is 0 Å². The predicted octanol–water partition coefficient (Wildman–Crippen LogP) is 3.28. The fourth-order valence-corrected chi connectivity index (χ4v) is 3.88. The van der Waals surface area contributed by atoms with Gasteiger partial charge in [-0.05, 0) is 56.5 Å². The minimum Gasteiger partial charge on any atom is -0.493 e. The molecule has 2 aromatic rings. The van der Waals surface area contributed by atoms with E-state index in [4.69, 9.17) is 9.47 Å². The van der Waals surface area contributed by atoms with E-state index in [1.54, 1.807) is 18.2 Å². The number of para-hydroxylation sites is 1. The van der Waals surface area contributed by atoms with Gasteiger partial charge in [-0.2, -0.15) is 0 Å². The molecule has 182 valence electrons. The van der Waals surface area contributed by atoms with Crippen LogP contribution in [0.1, 0.15) is 43.0 Å². The largest absolute Gasteiger partial charge is 0.493 e. The number of methoxy groups -OCH3 is 1. The monoisotopic (exact) mass is 467 g/mol. The average molecular weight is 468 g/mol. The molecule has 0 bridgehead atoms. The summed E-state index contributed by atoms with van der Waals surface area (Å²) in [5.41, 5.74) is 1.36. The number of piperidine rings is 1. The number of carbonyl (C=O) groups is 3. The maximum atomic E-state index is 12.3. The molecule has 8 heteroatoms. The Kier molecular flexibility index (Phi) is 9.46. The summed E-state index contributed by atoms with van der Waals surface area (Å²) in [6.45, 7) is 3.76. The Morgan fingerprint density at radius 3 is 2.41 bits per heavy atom. The third-order valence-electron chi connectivity index (χ3n) is 5.75. The number of Topliss-reactive ketones (excluding diaryl/α,β-unsaturated/α-hetero) is 1. The van der Waals surface area contributed by atoms with Crippen LogP contribution in [0, 0.1) is 0 Å². The zero-order valence-electron chi connectivity index (χ0n) is 19.8. The number of hydrogen-bond acceptors (Lipinski definition) is 6. The molecule has 0 aromatic heterocycles. The van der Waals surface area contributed by atoms with Crippen LogP contribution in [0.15, 0.2) is 48.5 Å². The molecule has 2 amide bonds. The highest BCUT2D eigenvalue weighted by molar-refractivity contribution is 5.94. The van der Waals surface area contributed by atoms with E-state index in [1.807, 2.05) is 30.3 Å². The summed E-state index contributed by atoms with van der Waals surface area (Å²) in [5.74, 6) is 0.991. The molecule has 1 saturated heterocycles. The van der Waals surface area contributed by atoms with Gasteiger partial charge in [-0.1, -0.05) is 18.2 Å². The Morgan fingerprint density at radius 2 is 1.74 bits per heavy atom. The normalized spacial score (nSPS) is 14.3. The first-order chi connectivity index (χ1) is 16.4. The molecule has 1 aliphatic rings. The van der Waals surface area contributed by atoms with Crippen LogP contribution in [-0.2, 0) is 9.59 Å². The van der Waals surface area contributed by atoms with Crippen molar-refractivity contribution in [2.24, 2.45) is 0 Å². The highest BCUT2D eigenvalue weighted by Crippen LogP contribution is 2.28. The van der Waals surface area contributed by atoms with Crippen molar-refractivity contribution < 1.29 is 23.9 Å². The van der Waals surface area contributed by atoms with Crippen molar-refractivity contribution in [1.82, 2.24) is 10.2 Å². The number of carbonyl (C=O) groups excluding carboxylic acids is 3. The van der Waals surface area contributed by atoms with E-state index in [-0.39, 0.29) is 23.6 Å². The minimum absolute atomic E-state index is 0.00256. The lowest BCUT2D eigenvalue weighted by Crippen LogP contribution is -2.46. The Hall–Kier alpha value is -3.39. The molecule has 0 unspecified atom stereocenters. The Labute approximate surface area is 200 Å². The summed E-state index contributed by atoms with van der Waals surface area (Å²) < 4.78 is 11.0. The van der Waals surface area contributed by atoms with Gasteiger partial charge in [-0.15, -0.1) is 0 Å². The van der Waals surface area contributed by atoms with Crippen LogP contribution < -0.4 is 20.1 Å². The van der Waals surface area contributed by atoms with E-state index in [0.29, 0.717) is 43.1 Å². The number of ketones is 1. The summed E-state index contributed by atoms with van der Waals surface area (Å²) in [7, 11) is 1.53. The van der Waals surface area contributed by atoms with Crippen LogP contribution in [0.2, 0.25) is 0 Å². The van der Waals surface area contributed by atoms with E-state index < -0.39 is 0 Å². The molecule has 3 rings (SSSR count). The van der Waals surface area contributed by atoms with Crippen LogP contribution in [0.5, 0.6) is 11.5 Å². The van der Waals surface area contributed by atoms with Gasteiger partial charge in [0.25, 0.3) is 0 Å². The SMILES string of the molecule is COc1cc(C(C)=O)ccc1OCCCC(=O)NC1CCN(CC(=O)Nc2ccccc2)CC1. The first-order valence-corrected chi connectivity index (χ1v) is 11.6. The second-order valence-corrected chi connectivity index (χ2v) is 8.41. The lowest BCUT2D eigenvalue weighted by molar-refractivity contribution is -0.123. The number of benzene rings is 2. The van der Waals surface area contributed by atoms with Crippen molar-refractivity contribution in [3.05, 3.63) is 54.1 Å². The minimum atomic E-state index is -0.0391. The fraction of sp³-hybridized carbons (Fsp3) is 0.423. The number of amides is 2. The first kappa shape index (κ1) is 25.2. The van der Waals surface area contributed by atoms with Crippen molar-refractivity contribution in [3.63, 3.8) is 0 Å². The molecule has 0 radical (unpaired) electrons. The zero-order chi connectivity index (χ0) is 24.3. The van der Waals surface area contributed by atoms with E-state index in [0.717, 1.165) is 31.6 Å². The quantitative estimate of drug-likeness (QED) is 0.389. The van der Waals surface area contributed by atoms with Gasteiger partial charge in [0, 0.05) is 36.8 Å². The van der Waals surface area contributed by atoms with Crippen LogP contribution in [0.4, 0.5) is 5.69 Å². The Bertz CT molecular complexity index is 972. The van der Waals surface area contributed by atoms with Gasteiger partial charge in [-0.3, -0.25) is 19.3 Å². The van der Waals surface area contributed by atoms with Crippen molar-refractivity contribution in [2.75, 3.05) is 38.7 Å². The molecular formula is C26H33N3O5. The second kappa shape index (κ2) is 12.7. The molecule has 8 nitrogen and oxygen atoms in total. The average Bonchev–Trinajstić information content (AvgIpc) is 2.83. The molecule has 0 saturated carbocycles. The highest BCUT2D eigenvalue weighted by atomic mass is 16.5. The van der Waals surface area contributed by atoms with Gasteiger partial charge in [-0.25, -0.2) is 0 Å². The zero-order valence-corrected chi connectivity index (χ0v) is 19.8. The lowest BCUT2D eigenvalue weighted by Gasteiger charge is -2.31. The Morgan fingerprint density at radius 1 is 1.00 bits per heavy atom. The summed E-state index contributed by atoms with van der Waals surface area (Å²) in [6.07, 6.45) is 2.58. The molecule has 2 N–H and O–H groups in total. The lowest BCUT2D eigenvalue weighted by atomic mass is 10.0. The molecule has 1 aliphatic heterocycles. The van der Waals surface area contributed by atoms with Crippen LogP contribution in [-0.4, -0.2) is 61.9 Å². The number of rotatable bonds is 11. The van der Waals surface area contributed by atoms with Gasteiger partial charge >= 0.3 is 0 Å². The number of likely N-dealkylation sites (tertiary alicyclic amines) is 1. The number of nitrogens with zero attached hydrogens (tertiary/aromatic N) is 1. The number of anilines is 1. The molecule has 0 spiro atoms. The van der Waals surface area contributed by atoms with Gasteiger partial charge in [0.1, 0.15) is 0 Å². The molecule has 2 aromatic carbocycles. The molecule has 1 fully saturated rings. The number of nitrogens with one attached hydrogen (secondary N) is 2. The summed E-state index contributed by atoms with van der Waals surface area (Å²) in [5, 5.41) is 5.99. The van der Waals surface area contributed by atoms with Crippen molar-refractivity contribution in [2.45, 2.75) is 38.6 Å². The molecule has 0 aliphatic carbocycles. The van der Waals surface area contributed by atoms with Gasteiger partial charge < -0.3 is 20.1 Å². The van der Waals surface area contributed by atoms with E-state index in [2.05, 4.69) is 15.5 Å². The number of ether oxygens (including phenoxy) is 2. The fourth-order valence-electron chi connectivity index (χ4n) is 3.88. The van der Waals surface area contributed by atoms with Crippen molar-refractivity contribution in [1.29, 1.82) is 0 Å². The van der Waals surface area contributed by atoms with Crippen LogP contribution in [0.25, 0.3) is 0 Å². The Balaban J connectivity index is 1.31. The number of hydrogen-bond donors (Lipinski definition) is 2. The van der Waals surface area contributed by atoms with E-state index in [1.165, 1.54) is 14.0 Å². The highest BCUT2D eigenvalue weighted by Gasteiger charge is 2.22. The molecule has 0 atom stereocenters. The van der Waals surface area contributed by atoms with E-state index >= 15 is 0 Å². The smallest absolute Gasteiger partial charge is 0.238 e. The van der Waals surface area contributed by atoms with Gasteiger partial charge in [0.2, 0.25) is 11.8 Å². The second-order valence-electron chi connectivity index (χ2n) is 8.41. The van der Waals surface area contributed by atoms with Crippen LogP contribution in [0.3, 0.4) is 0 Å². The third kappa shape index (κ3) is 7.88. The molecular weight excluding hydrogens is 434 g/mol. The standard InChI is InChI=1S/C26H33N3O5/c1-19(30)20-10-11-23(24(17-20)33-2)34-16-6-9-25(31)27-22-12-14-29(15-13-22)18-26(32)28-21-7-4-3-5-8-21/h3-5,7-8,10-11,17,22H,6,9,12-16,18H2,1-2H3,(H,27,31)(H,28,32). The summed E-state index contributed by atoms with van der Waals surface area (Å²) in [6, 6.07) is 14.6. The molecule has 34 heavy (non-hydrogen) atoms. The van der Waals surface area contributed by atoms with E-state index in [9.17, 15) is 14.4 Å². The van der Waals surface area contributed by atoms with Crippen molar-refractivity contribution >= 4 is 23.3 Å². The topological polar surface area (TPSA) is 97.0 Å². The maximum absolute atomic E-state index is 12.3. The summed E-state index contributed by atoms with van der Waals surface area (Å²) >= 11 is 0. The molecule has 1 heterocycles. The van der Waals surface area contributed by atoms with Gasteiger partial charge in [0.05, 0.1) is 20.3 Å². The maximum Gasteiger partial charge on any atom is 0.238 e. The predicted molar refractivity (Wildman–Crippen MR) is 130 cm³/mol. The van der Waals surface area contributed by atoms with Gasteiger partial charge in [0.15, 0.2) is 17.3 Å². The third-order valence-corrected chi connectivity index (χ3v) is 5.75. The summed E-state index contributed by atoms with van der Waals surface area (Å²) in [4.78, 5) is 38.1. The first-order valence-electron chi connectivity index (χ1n) is 11.6.